The van der Waals surface area contributed by atoms with Gasteiger partial charge in [0.05, 0.1) is 11.7 Å². The Morgan fingerprint density at radius 3 is 3.11 bits per heavy atom. The molecule has 0 aliphatic carbocycles. The molecule has 4 heteroatoms. The Morgan fingerprint density at radius 1 is 1.50 bits per heavy atom. The second-order valence-electron chi connectivity index (χ2n) is 5.33. The van der Waals surface area contributed by atoms with Crippen molar-refractivity contribution in [2.45, 2.75) is 19.4 Å². The van der Waals surface area contributed by atoms with Gasteiger partial charge in [-0.05, 0) is 43.6 Å². The van der Waals surface area contributed by atoms with E-state index in [9.17, 15) is 0 Å². The highest BCUT2D eigenvalue weighted by Crippen LogP contribution is 2.20. The van der Waals surface area contributed by atoms with Crippen LogP contribution in [-0.2, 0) is 13.0 Å². The Morgan fingerprint density at radius 2 is 2.39 bits per heavy atom. The molecule has 0 radical (unpaired) electrons. The van der Waals surface area contributed by atoms with Gasteiger partial charge < -0.3 is 15.0 Å². The lowest BCUT2D eigenvalue weighted by Crippen LogP contribution is -2.15. The molecule has 1 saturated heterocycles. The van der Waals surface area contributed by atoms with Crippen LogP contribution in [0.2, 0.25) is 0 Å². The van der Waals surface area contributed by atoms with Gasteiger partial charge in [-0.15, -0.1) is 0 Å². The van der Waals surface area contributed by atoms with Crippen LogP contribution in [0.4, 0.5) is 0 Å². The molecule has 2 aromatic rings. The fraction of sp³-hybridized carbons (Fsp3) is 0.500. The maximum Gasteiger partial charge on any atom is 0.113 e. The molecule has 3 heterocycles. The number of imidazole rings is 1. The standard InChI is InChI=1S/C14H20N4/c1-17-4-2-12(10-17)7-14-16-9-13-6-11(8-15)3-5-18(13)14/h3,5-6,9,12H,2,4,7-8,10,15H2,1H3. The summed E-state index contributed by atoms with van der Waals surface area (Å²) >= 11 is 0. The van der Waals surface area contributed by atoms with E-state index >= 15 is 0 Å². The van der Waals surface area contributed by atoms with E-state index in [1.807, 2.05) is 6.20 Å². The summed E-state index contributed by atoms with van der Waals surface area (Å²) in [6, 6.07) is 4.20. The molecule has 0 aromatic carbocycles. The molecule has 1 fully saturated rings. The lowest BCUT2D eigenvalue weighted by atomic mass is 10.0. The van der Waals surface area contributed by atoms with Crippen molar-refractivity contribution in [1.82, 2.24) is 14.3 Å². The fourth-order valence-electron chi connectivity index (χ4n) is 2.83. The molecule has 0 saturated carbocycles. The maximum absolute atomic E-state index is 5.66. The number of hydrogen-bond donors (Lipinski definition) is 1. The number of pyridine rings is 1. The Hall–Kier alpha value is -1.39. The lowest BCUT2D eigenvalue weighted by Gasteiger charge is -2.09. The quantitative estimate of drug-likeness (QED) is 0.885. The molecule has 1 aliphatic heterocycles. The third kappa shape index (κ3) is 2.13. The van der Waals surface area contributed by atoms with Crippen LogP contribution < -0.4 is 5.73 Å². The van der Waals surface area contributed by atoms with Gasteiger partial charge in [-0.25, -0.2) is 4.98 Å². The van der Waals surface area contributed by atoms with Crippen molar-refractivity contribution in [3.63, 3.8) is 0 Å². The SMILES string of the molecule is CN1CCC(Cc2ncc3cc(CN)ccn23)C1. The van der Waals surface area contributed by atoms with Gasteiger partial charge in [-0.2, -0.15) is 0 Å². The lowest BCUT2D eigenvalue weighted by molar-refractivity contribution is 0.392. The van der Waals surface area contributed by atoms with Gasteiger partial charge in [-0.3, -0.25) is 0 Å². The van der Waals surface area contributed by atoms with E-state index in [2.05, 4.69) is 39.7 Å². The number of aromatic nitrogens is 2. The number of rotatable bonds is 3. The number of hydrogen-bond acceptors (Lipinski definition) is 3. The topological polar surface area (TPSA) is 46.6 Å². The van der Waals surface area contributed by atoms with Gasteiger partial charge in [0.25, 0.3) is 0 Å². The zero-order chi connectivity index (χ0) is 12.5. The van der Waals surface area contributed by atoms with Crippen LogP contribution >= 0.6 is 0 Å². The Bertz CT molecular complexity index is 546. The minimum atomic E-state index is 0.588. The molecular weight excluding hydrogens is 224 g/mol. The first-order chi connectivity index (χ1) is 8.76. The summed E-state index contributed by atoms with van der Waals surface area (Å²) < 4.78 is 2.19. The first kappa shape index (κ1) is 11.7. The summed E-state index contributed by atoms with van der Waals surface area (Å²) in [5, 5.41) is 0. The molecule has 2 aromatic heterocycles. The van der Waals surface area contributed by atoms with E-state index in [1.54, 1.807) is 0 Å². The van der Waals surface area contributed by atoms with E-state index < -0.39 is 0 Å². The zero-order valence-corrected chi connectivity index (χ0v) is 10.8. The normalized spacial score (nSPS) is 20.9. The molecule has 3 rings (SSSR count). The summed E-state index contributed by atoms with van der Waals surface area (Å²) in [4.78, 5) is 6.96. The van der Waals surface area contributed by atoms with Crippen LogP contribution in [0.5, 0.6) is 0 Å². The van der Waals surface area contributed by atoms with E-state index in [4.69, 9.17) is 5.73 Å². The van der Waals surface area contributed by atoms with Gasteiger partial charge in [-0.1, -0.05) is 0 Å². The molecule has 96 valence electrons. The minimum Gasteiger partial charge on any atom is -0.326 e. The summed E-state index contributed by atoms with van der Waals surface area (Å²) in [5.74, 6) is 1.92. The van der Waals surface area contributed by atoms with Crippen molar-refractivity contribution >= 4 is 5.52 Å². The van der Waals surface area contributed by atoms with Crippen LogP contribution in [-0.4, -0.2) is 34.4 Å². The summed E-state index contributed by atoms with van der Waals surface area (Å²) in [7, 11) is 2.19. The van der Waals surface area contributed by atoms with Crippen LogP contribution in [0.1, 0.15) is 17.8 Å². The Kier molecular flexibility index (Phi) is 3.06. The highest BCUT2D eigenvalue weighted by atomic mass is 15.1. The van der Waals surface area contributed by atoms with Gasteiger partial charge in [0.15, 0.2) is 0 Å². The predicted octanol–water partition coefficient (Wildman–Crippen LogP) is 1.29. The molecule has 1 aliphatic rings. The Balaban J connectivity index is 1.84. The maximum atomic E-state index is 5.66. The fourth-order valence-corrected chi connectivity index (χ4v) is 2.83. The van der Waals surface area contributed by atoms with Gasteiger partial charge >= 0.3 is 0 Å². The third-order valence-corrected chi connectivity index (χ3v) is 3.87. The summed E-state index contributed by atoms with van der Waals surface area (Å²) in [5.41, 5.74) is 7.97. The molecule has 2 N–H and O–H groups in total. The molecule has 0 bridgehead atoms. The summed E-state index contributed by atoms with van der Waals surface area (Å²) in [6.07, 6.45) is 6.40. The second-order valence-corrected chi connectivity index (χ2v) is 5.33. The second kappa shape index (κ2) is 4.71. The third-order valence-electron chi connectivity index (χ3n) is 3.87. The number of nitrogens with two attached hydrogens (primary N) is 1. The van der Waals surface area contributed by atoms with Crippen molar-refractivity contribution in [2.75, 3.05) is 20.1 Å². The monoisotopic (exact) mass is 244 g/mol. The smallest absolute Gasteiger partial charge is 0.113 e. The average molecular weight is 244 g/mol. The molecule has 18 heavy (non-hydrogen) atoms. The molecule has 1 atom stereocenters. The zero-order valence-electron chi connectivity index (χ0n) is 10.8. The number of nitrogens with zero attached hydrogens (tertiary/aromatic N) is 3. The van der Waals surface area contributed by atoms with Gasteiger partial charge in [0.1, 0.15) is 5.82 Å². The first-order valence-electron chi connectivity index (χ1n) is 6.60. The van der Waals surface area contributed by atoms with E-state index in [0.717, 1.165) is 23.4 Å². The Labute approximate surface area is 107 Å². The highest BCUT2D eigenvalue weighted by Gasteiger charge is 2.21. The predicted molar refractivity (Wildman–Crippen MR) is 72.4 cm³/mol. The molecular formula is C14H20N4. The van der Waals surface area contributed by atoms with E-state index in [-0.39, 0.29) is 0 Å². The van der Waals surface area contributed by atoms with Gasteiger partial charge in [0, 0.05) is 25.7 Å². The molecule has 0 spiro atoms. The average Bonchev–Trinajstić information content (AvgIpc) is 2.96. The van der Waals surface area contributed by atoms with Crippen molar-refractivity contribution in [3.8, 4) is 0 Å². The van der Waals surface area contributed by atoms with Gasteiger partial charge in [0.2, 0.25) is 0 Å². The van der Waals surface area contributed by atoms with Crippen molar-refractivity contribution in [3.05, 3.63) is 35.9 Å². The van der Waals surface area contributed by atoms with Crippen LogP contribution in [0, 0.1) is 5.92 Å². The number of fused-ring (bicyclic) bond motifs is 1. The van der Waals surface area contributed by atoms with Crippen molar-refractivity contribution in [2.24, 2.45) is 11.7 Å². The van der Waals surface area contributed by atoms with Crippen molar-refractivity contribution < 1.29 is 0 Å². The van der Waals surface area contributed by atoms with E-state index in [0.29, 0.717) is 6.54 Å². The highest BCUT2D eigenvalue weighted by molar-refractivity contribution is 5.48. The van der Waals surface area contributed by atoms with Crippen LogP contribution in [0.15, 0.2) is 24.5 Å². The molecule has 1 unspecified atom stereocenters. The van der Waals surface area contributed by atoms with Crippen LogP contribution in [0.3, 0.4) is 0 Å². The van der Waals surface area contributed by atoms with Crippen LogP contribution in [0.25, 0.3) is 5.52 Å². The minimum absolute atomic E-state index is 0.588. The molecule has 4 nitrogen and oxygen atoms in total. The largest absolute Gasteiger partial charge is 0.326 e. The summed E-state index contributed by atoms with van der Waals surface area (Å²) in [6.45, 7) is 2.99. The first-order valence-corrected chi connectivity index (χ1v) is 6.60. The van der Waals surface area contributed by atoms with Crippen molar-refractivity contribution in [1.29, 1.82) is 0 Å². The molecule has 0 amide bonds. The number of likely N-dealkylation sites (tertiary alicyclic amines) is 1. The van der Waals surface area contributed by atoms with E-state index in [1.165, 1.54) is 25.3 Å².